The molecule has 1 aliphatic heterocycles. The fraction of sp³-hybridized carbons (Fsp3) is 0.550. The zero-order valence-corrected chi connectivity index (χ0v) is 15.4. The number of carbonyl (C=O) groups is 3. The van der Waals surface area contributed by atoms with E-state index in [-0.39, 0.29) is 23.7 Å². The van der Waals surface area contributed by atoms with Crippen molar-refractivity contribution in [3.8, 4) is 5.75 Å². The standard InChI is InChI=1S/C20H26N2O5/c23-18(24)13-27-15-7-5-6-14(12-15)21-19(25)16-8-1-2-9-17(16)20(26)22-10-3-4-11-22/h5-7,12,16-17H,1-4,8-11,13H2,(H,21,25)(H,23,24). The van der Waals surface area contributed by atoms with Gasteiger partial charge in [-0.2, -0.15) is 0 Å². The number of carboxylic acid groups (broad SMARTS) is 1. The SMILES string of the molecule is O=C(O)COc1cccc(NC(=O)C2CCCCC2C(=O)N2CCCC2)c1. The summed E-state index contributed by atoms with van der Waals surface area (Å²) in [4.78, 5) is 38.2. The highest BCUT2D eigenvalue weighted by Gasteiger charge is 2.38. The summed E-state index contributed by atoms with van der Waals surface area (Å²) in [6, 6.07) is 6.66. The quantitative estimate of drug-likeness (QED) is 0.798. The van der Waals surface area contributed by atoms with Gasteiger partial charge in [0.15, 0.2) is 6.61 Å². The van der Waals surface area contributed by atoms with Crippen molar-refractivity contribution in [2.75, 3.05) is 25.0 Å². The first-order valence-electron chi connectivity index (χ1n) is 9.59. The summed E-state index contributed by atoms with van der Waals surface area (Å²) in [5.74, 6) is -1.29. The molecule has 0 bridgehead atoms. The molecule has 0 aromatic heterocycles. The van der Waals surface area contributed by atoms with E-state index in [1.54, 1.807) is 24.3 Å². The van der Waals surface area contributed by atoms with Crippen molar-refractivity contribution in [3.05, 3.63) is 24.3 Å². The van der Waals surface area contributed by atoms with Crippen LogP contribution in [0.3, 0.4) is 0 Å². The Morgan fingerprint density at radius 3 is 2.48 bits per heavy atom. The normalized spacial score (nSPS) is 22.3. The first kappa shape index (κ1) is 19.2. The molecule has 27 heavy (non-hydrogen) atoms. The van der Waals surface area contributed by atoms with Gasteiger partial charge in [-0.25, -0.2) is 4.79 Å². The maximum atomic E-state index is 12.9. The smallest absolute Gasteiger partial charge is 0.341 e. The number of carbonyl (C=O) groups excluding carboxylic acids is 2. The summed E-state index contributed by atoms with van der Waals surface area (Å²) in [5.41, 5.74) is 0.542. The molecule has 2 amide bonds. The van der Waals surface area contributed by atoms with Gasteiger partial charge in [0.05, 0.1) is 0 Å². The van der Waals surface area contributed by atoms with Gasteiger partial charge in [-0.15, -0.1) is 0 Å². The average molecular weight is 374 g/mol. The van der Waals surface area contributed by atoms with E-state index in [4.69, 9.17) is 9.84 Å². The predicted octanol–water partition coefficient (Wildman–Crippen LogP) is 2.52. The first-order valence-corrected chi connectivity index (χ1v) is 9.59. The summed E-state index contributed by atoms with van der Waals surface area (Å²) in [6.07, 6.45) is 5.48. The number of nitrogens with zero attached hydrogens (tertiary/aromatic N) is 1. The van der Waals surface area contributed by atoms with Crippen LogP contribution in [0.1, 0.15) is 38.5 Å². The van der Waals surface area contributed by atoms with Crippen LogP contribution in [-0.4, -0.2) is 47.5 Å². The molecule has 2 atom stereocenters. The third-order valence-corrected chi connectivity index (χ3v) is 5.30. The van der Waals surface area contributed by atoms with Crippen molar-refractivity contribution in [1.82, 2.24) is 4.90 Å². The van der Waals surface area contributed by atoms with E-state index in [0.29, 0.717) is 17.9 Å². The van der Waals surface area contributed by atoms with E-state index in [1.165, 1.54) is 0 Å². The van der Waals surface area contributed by atoms with Crippen LogP contribution in [0.25, 0.3) is 0 Å². The van der Waals surface area contributed by atoms with Crippen molar-refractivity contribution < 1.29 is 24.2 Å². The summed E-state index contributed by atoms with van der Waals surface area (Å²) < 4.78 is 5.15. The van der Waals surface area contributed by atoms with Crippen LogP contribution in [-0.2, 0) is 14.4 Å². The number of ether oxygens (including phenoxy) is 1. The van der Waals surface area contributed by atoms with Crippen molar-refractivity contribution in [2.45, 2.75) is 38.5 Å². The number of rotatable bonds is 6. The van der Waals surface area contributed by atoms with Gasteiger partial charge in [0.25, 0.3) is 0 Å². The summed E-state index contributed by atoms with van der Waals surface area (Å²) in [5, 5.41) is 11.6. The van der Waals surface area contributed by atoms with Gasteiger partial charge in [-0.05, 0) is 37.8 Å². The predicted molar refractivity (Wildman–Crippen MR) is 99.5 cm³/mol. The second-order valence-electron chi connectivity index (χ2n) is 7.23. The molecule has 3 rings (SSSR count). The first-order chi connectivity index (χ1) is 13.0. The fourth-order valence-electron chi connectivity index (χ4n) is 3.96. The van der Waals surface area contributed by atoms with Gasteiger partial charge >= 0.3 is 5.97 Å². The van der Waals surface area contributed by atoms with Crippen molar-refractivity contribution in [3.63, 3.8) is 0 Å². The Morgan fingerprint density at radius 2 is 1.78 bits per heavy atom. The van der Waals surface area contributed by atoms with Crippen LogP contribution in [0.4, 0.5) is 5.69 Å². The van der Waals surface area contributed by atoms with Gasteiger partial charge in [0.2, 0.25) is 11.8 Å². The molecule has 1 aliphatic carbocycles. The van der Waals surface area contributed by atoms with E-state index in [0.717, 1.165) is 45.2 Å². The zero-order valence-electron chi connectivity index (χ0n) is 15.4. The lowest BCUT2D eigenvalue weighted by Gasteiger charge is -2.32. The van der Waals surface area contributed by atoms with E-state index in [2.05, 4.69) is 5.32 Å². The lowest BCUT2D eigenvalue weighted by molar-refractivity contribution is -0.141. The Bertz CT molecular complexity index is 699. The van der Waals surface area contributed by atoms with E-state index in [9.17, 15) is 14.4 Å². The molecule has 1 aromatic rings. The zero-order chi connectivity index (χ0) is 19.2. The monoisotopic (exact) mass is 374 g/mol. The van der Waals surface area contributed by atoms with Crippen molar-refractivity contribution in [2.24, 2.45) is 11.8 Å². The minimum Gasteiger partial charge on any atom is -0.482 e. The summed E-state index contributed by atoms with van der Waals surface area (Å²) >= 11 is 0. The molecule has 0 radical (unpaired) electrons. The maximum Gasteiger partial charge on any atom is 0.341 e. The van der Waals surface area contributed by atoms with Gasteiger partial charge < -0.3 is 20.1 Å². The van der Waals surface area contributed by atoms with Gasteiger partial charge in [0, 0.05) is 36.7 Å². The molecule has 1 aromatic carbocycles. The molecule has 7 heteroatoms. The molecular formula is C20H26N2O5. The highest BCUT2D eigenvalue weighted by Crippen LogP contribution is 2.33. The number of nitrogens with one attached hydrogen (secondary N) is 1. The molecule has 2 aliphatic rings. The number of benzene rings is 1. The number of hydrogen-bond donors (Lipinski definition) is 2. The molecular weight excluding hydrogens is 348 g/mol. The van der Waals surface area contributed by atoms with Crippen LogP contribution in [0.15, 0.2) is 24.3 Å². The Kier molecular flexibility index (Phi) is 6.32. The van der Waals surface area contributed by atoms with E-state index >= 15 is 0 Å². The molecule has 0 spiro atoms. The van der Waals surface area contributed by atoms with E-state index in [1.807, 2.05) is 4.90 Å². The maximum absolute atomic E-state index is 12.9. The highest BCUT2D eigenvalue weighted by molar-refractivity contribution is 5.96. The third-order valence-electron chi connectivity index (χ3n) is 5.30. The van der Waals surface area contributed by atoms with Crippen molar-refractivity contribution >= 4 is 23.5 Å². The minimum atomic E-state index is -1.06. The fourth-order valence-corrected chi connectivity index (χ4v) is 3.96. The molecule has 2 fully saturated rings. The summed E-state index contributed by atoms with van der Waals surface area (Å²) in [7, 11) is 0. The van der Waals surface area contributed by atoms with E-state index < -0.39 is 12.6 Å². The second-order valence-corrected chi connectivity index (χ2v) is 7.23. The molecule has 1 heterocycles. The molecule has 2 unspecified atom stereocenters. The topological polar surface area (TPSA) is 95.9 Å². The minimum absolute atomic E-state index is 0.117. The molecule has 7 nitrogen and oxygen atoms in total. The number of aliphatic carboxylic acids is 1. The van der Waals surface area contributed by atoms with Crippen LogP contribution in [0, 0.1) is 11.8 Å². The largest absolute Gasteiger partial charge is 0.482 e. The molecule has 1 saturated carbocycles. The molecule has 1 saturated heterocycles. The lowest BCUT2D eigenvalue weighted by Crippen LogP contribution is -2.42. The number of likely N-dealkylation sites (tertiary alicyclic amines) is 1. The number of amides is 2. The Morgan fingerprint density at radius 1 is 1.07 bits per heavy atom. The Balaban J connectivity index is 1.65. The summed E-state index contributed by atoms with van der Waals surface area (Å²) in [6.45, 7) is 1.16. The van der Waals surface area contributed by atoms with Crippen LogP contribution in [0.2, 0.25) is 0 Å². The Hall–Kier alpha value is -2.57. The molecule has 2 N–H and O–H groups in total. The van der Waals surface area contributed by atoms with Gasteiger partial charge in [0.1, 0.15) is 5.75 Å². The second kappa shape index (κ2) is 8.88. The van der Waals surface area contributed by atoms with Gasteiger partial charge in [-0.3, -0.25) is 9.59 Å². The average Bonchev–Trinajstić information content (AvgIpc) is 3.21. The Labute approximate surface area is 158 Å². The van der Waals surface area contributed by atoms with Crippen LogP contribution in [0.5, 0.6) is 5.75 Å². The third kappa shape index (κ3) is 4.99. The molecule has 146 valence electrons. The number of anilines is 1. The van der Waals surface area contributed by atoms with Gasteiger partial charge in [-0.1, -0.05) is 18.9 Å². The lowest BCUT2D eigenvalue weighted by atomic mass is 9.77. The van der Waals surface area contributed by atoms with Crippen molar-refractivity contribution in [1.29, 1.82) is 0 Å². The number of carboxylic acids is 1. The number of hydrogen-bond acceptors (Lipinski definition) is 4. The van der Waals surface area contributed by atoms with Crippen LogP contribution >= 0.6 is 0 Å². The van der Waals surface area contributed by atoms with Crippen LogP contribution < -0.4 is 10.1 Å². The highest BCUT2D eigenvalue weighted by atomic mass is 16.5.